The molecule has 0 spiro atoms. The zero-order valence-electron chi connectivity index (χ0n) is 14.2. The summed E-state index contributed by atoms with van der Waals surface area (Å²) in [6.07, 6.45) is 0. The molecule has 1 unspecified atom stereocenters. The first-order valence-electron chi connectivity index (χ1n) is 7.64. The van der Waals surface area contributed by atoms with E-state index in [4.69, 9.17) is 0 Å². The van der Waals surface area contributed by atoms with Gasteiger partial charge in [0, 0.05) is 45.2 Å². The van der Waals surface area contributed by atoms with Crippen molar-refractivity contribution < 1.29 is 9.59 Å². The minimum Gasteiger partial charge on any atom is -0.345 e. The topological polar surface area (TPSA) is 52.7 Å². The van der Waals surface area contributed by atoms with E-state index in [2.05, 4.69) is 5.32 Å². The number of nitrogens with zero attached hydrogens (tertiary/aromatic N) is 2. The fraction of sp³-hybridized carbons (Fsp3) is 0.529. The summed E-state index contributed by atoms with van der Waals surface area (Å²) in [5.41, 5.74) is 1.69. The first-order chi connectivity index (χ1) is 10.4. The molecule has 0 fully saturated rings. The number of hydrogen-bond donors (Lipinski definition) is 1. The lowest BCUT2D eigenvalue weighted by atomic mass is 10.1. The molecule has 0 radical (unpaired) electrons. The SMILES string of the molecule is CCN(Cc1ccc(C(=O)N(C)C)cc1)C(=O)C(C)CNC. The van der Waals surface area contributed by atoms with E-state index in [0.29, 0.717) is 25.2 Å². The van der Waals surface area contributed by atoms with Crippen molar-refractivity contribution in [1.29, 1.82) is 0 Å². The molecule has 1 aromatic rings. The lowest BCUT2D eigenvalue weighted by molar-refractivity contribution is -0.135. The van der Waals surface area contributed by atoms with E-state index in [1.165, 1.54) is 0 Å². The molecule has 0 aliphatic carbocycles. The predicted octanol–water partition coefficient (Wildman–Crippen LogP) is 1.59. The van der Waals surface area contributed by atoms with Crippen molar-refractivity contribution in [2.45, 2.75) is 20.4 Å². The number of amides is 2. The number of carbonyl (C=O) groups is 2. The smallest absolute Gasteiger partial charge is 0.253 e. The van der Waals surface area contributed by atoms with Gasteiger partial charge in [-0.3, -0.25) is 9.59 Å². The number of benzene rings is 1. The maximum Gasteiger partial charge on any atom is 0.253 e. The molecule has 2 amide bonds. The highest BCUT2D eigenvalue weighted by atomic mass is 16.2. The van der Waals surface area contributed by atoms with E-state index in [-0.39, 0.29) is 17.7 Å². The summed E-state index contributed by atoms with van der Waals surface area (Å²) >= 11 is 0. The Hall–Kier alpha value is -1.88. The Bertz CT molecular complexity index is 497. The molecule has 0 aliphatic heterocycles. The van der Waals surface area contributed by atoms with E-state index in [9.17, 15) is 9.59 Å². The molecule has 0 bridgehead atoms. The van der Waals surface area contributed by atoms with E-state index in [0.717, 1.165) is 5.56 Å². The van der Waals surface area contributed by atoms with Gasteiger partial charge in [-0.1, -0.05) is 19.1 Å². The van der Waals surface area contributed by atoms with Crippen molar-refractivity contribution in [3.05, 3.63) is 35.4 Å². The first-order valence-corrected chi connectivity index (χ1v) is 7.64. The van der Waals surface area contributed by atoms with Gasteiger partial charge < -0.3 is 15.1 Å². The van der Waals surface area contributed by atoms with Crippen molar-refractivity contribution in [3.63, 3.8) is 0 Å². The number of hydrogen-bond acceptors (Lipinski definition) is 3. The second-order valence-corrected chi connectivity index (χ2v) is 5.71. The molecule has 0 aliphatic rings. The summed E-state index contributed by atoms with van der Waals surface area (Å²) < 4.78 is 0. The Kier molecular flexibility index (Phi) is 7.05. The summed E-state index contributed by atoms with van der Waals surface area (Å²) in [5, 5.41) is 3.03. The number of nitrogens with one attached hydrogen (secondary N) is 1. The van der Waals surface area contributed by atoms with Crippen LogP contribution in [0.4, 0.5) is 0 Å². The van der Waals surface area contributed by atoms with Gasteiger partial charge in [0.2, 0.25) is 5.91 Å². The molecular weight excluding hydrogens is 278 g/mol. The van der Waals surface area contributed by atoms with E-state index >= 15 is 0 Å². The third-order valence-electron chi connectivity index (χ3n) is 3.61. The van der Waals surface area contributed by atoms with Crippen molar-refractivity contribution in [2.24, 2.45) is 5.92 Å². The molecule has 1 atom stereocenters. The lowest BCUT2D eigenvalue weighted by Gasteiger charge is -2.24. The summed E-state index contributed by atoms with van der Waals surface area (Å²) in [6, 6.07) is 7.45. The van der Waals surface area contributed by atoms with Crippen molar-refractivity contribution >= 4 is 11.8 Å². The minimum absolute atomic E-state index is 0.0161. The Morgan fingerprint density at radius 1 is 1.18 bits per heavy atom. The predicted molar refractivity (Wildman–Crippen MR) is 88.6 cm³/mol. The molecule has 0 heterocycles. The monoisotopic (exact) mass is 305 g/mol. The van der Waals surface area contributed by atoms with Crippen LogP contribution in [0.3, 0.4) is 0 Å². The van der Waals surface area contributed by atoms with Gasteiger partial charge in [0.05, 0.1) is 0 Å². The fourth-order valence-electron chi connectivity index (χ4n) is 2.28. The zero-order valence-corrected chi connectivity index (χ0v) is 14.2. The van der Waals surface area contributed by atoms with Crippen LogP contribution in [0.15, 0.2) is 24.3 Å². The van der Waals surface area contributed by atoms with Crippen LogP contribution in [0.5, 0.6) is 0 Å². The molecule has 0 saturated heterocycles. The molecule has 1 rings (SSSR count). The Morgan fingerprint density at radius 3 is 2.23 bits per heavy atom. The van der Waals surface area contributed by atoms with Crippen LogP contribution in [-0.4, -0.2) is 55.8 Å². The minimum atomic E-state index is -0.0421. The standard InChI is InChI=1S/C17H27N3O2/c1-6-20(16(21)13(2)11-18-3)12-14-7-9-15(10-8-14)17(22)19(4)5/h7-10,13,18H,6,11-12H2,1-5H3. The highest BCUT2D eigenvalue weighted by Crippen LogP contribution is 2.11. The van der Waals surface area contributed by atoms with Gasteiger partial charge >= 0.3 is 0 Å². The van der Waals surface area contributed by atoms with Gasteiger partial charge in [-0.2, -0.15) is 0 Å². The maximum absolute atomic E-state index is 12.4. The van der Waals surface area contributed by atoms with Crippen LogP contribution in [0.1, 0.15) is 29.8 Å². The molecule has 1 N–H and O–H groups in total. The van der Waals surface area contributed by atoms with Crippen LogP contribution in [-0.2, 0) is 11.3 Å². The summed E-state index contributed by atoms with van der Waals surface area (Å²) in [7, 11) is 5.31. The third-order valence-corrected chi connectivity index (χ3v) is 3.61. The summed E-state index contributed by atoms with van der Waals surface area (Å²) in [6.45, 7) is 5.82. The van der Waals surface area contributed by atoms with Gasteiger partial charge in [-0.25, -0.2) is 0 Å². The average Bonchev–Trinajstić information content (AvgIpc) is 2.51. The van der Waals surface area contributed by atoms with Crippen LogP contribution < -0.4 is 5.32 Å². The molecule has 122 valence electrons. The summed E-state index contributed by atoms with van der Waals surface area (Å²) in [4.78, 5) is 27.6. The molecule has 5 heteroatoms. The van der Waals surface area contributed by atoms with Gasteiger partial charge in [0.25, 0.3) is 5.91 Å². The summed E-state index contributed by atoms with van der Waals surface area (Å²) in [5.74, 6) is 0.0856. The normalized spacial score (nSPS) is 11.9. The van der Waals surface area contributed by atoms with Crippen LogP contribution in [0.2, 0.25) is 0 Å². The first kappa shape index (κ1) is 18.2. The lowest BCUT2D eigenvalue weighted by Crippen LogP contribution is -2.38. The third kappa shape index (κ3) is 4.84. The average molecular weight is 305 g/mol. The second-order valence-electron chi connectivity index (χ2n) is 5.71. The van der Waals surface area contributed by atoms with Crippen molar-refractivity contribution in [2.75, 3.05) is 34.2 Å². The van der Waals surface area contributed by atoms with E-state index in [1.807, 2.05) is 50.1 Å². The molecule has 0 aromatic heterocycles. The van der Waals surface area contributed by atoms with Crippen LogP contribution >= 0.6 is 0 Å². The molecule has 5 nitrogen and oxygen atoms in total. The fourth-order valence-corrected chi connectivity index (χ4v) is 2.28. The molecule has 22 heavy (non-hydrogen) atoms. The van der Waals surface area contributed by atoms with Gasteiger partial charge in [0.1, 0.15) is 0 Å². The van der Waals surface area contributed by atoms with Crippen LogP contribution in [0.25, 0.3) is 0 Å². The van der Waals surface area contributed by atoms with Crippen molar-refractivity contribution in [3.8, 4) is 0 Å². The Morgan fingerprint density at radius 2 is 1.77 bits per heavy atom. The number of carbonyl (C=O) groups excluding carboxylic acids is 2. The van der Waals surface area contributed by atoms with E-state index < -0.39 is 0 Å². The zero-order chi connectivity index (χ0) is 16.7. The van der Waals surface area contributed by atoms with Gasteiger partial charge in [-0.05, 0) is 31.7 Å². The number of rotatable bonds is 7. The highest BCUT2D eigenvalue weighted by Gasteiger charge is 2.19. The molecule has 1 aromatic carbocycles. The molecular formula is C17H27N3O2. The largest absolute Gasteiger partial charge is 0.345 e. The quantitative estimate of drug-likeness (QED) is 0.832. The maximum atomic E-state index is 12.4. The molecule has 0 saturated carbocycles. The second kappa shape index (κ2) is 8.54. The van der Waals surface area contributed by atoms with Gasteiger partial charge in [-0.15, -0.1) is 0 Å². The van der Waals surface area contributed by atoms with Gasteiger partial charge in [0.15, 0.2) is 0 Å². The highest BCUT2D eigenvalue weighted by molar-refractivity contribution is 5.93. The van der Waals surface area contributed by atoms with Crippen LogP contribution in [0, 0.1) is 5.92 Å². The Labute approximate surface area is 133 Å². The Balaban J connectivity index is 2.76. The van der Waals surface area contributed by atoms with E-state index in [1.54, 1.807) is 19.0 Å². The van der Waals surface area contributed by atoms with Crippen molar-refractivity contribution in [1.82, 2.24) is 15.1 Å².